The Hall–Kier alpha value is -1.61. The van der Waals surface area contributed by atoms with Gasteiger partial charge < -0.3 is 10.1 Å². The summed E-state index contributed by atoms with van der Waals surface area (Å²) in [5.41, 5.74) is 0.668. The largest absolute Gasteiger partial charge is 0.366 e. The Kier molecular flexibility index (Phi) is 5.57. The summed E-state index contributed by atoms with van der Waals surface area (Å²) in [4.78, 5) is 14.4. The van der Waals surface area contributed by atoms with Crippen molar-refractivity contribution in [2.45, 2.75) is 19.1 Å². The van der Waals surface area contributed by atoms with E-state index < -0.39 is 12.1 Å². The SMILES string of the molecule is CCN1CCO[C@@H](C(=O)N[C@H](C#N)c2cccc(Cl)c2)C1. The molecule has 1 saturated heterocycles. The van der Waals surface area contributed by atoms with Gasteiger partial charge in [0.25, 0.3) is 5.91 Å². The first-order valence-corrected chi connectivity index (χ1v) is 7.31. The average Bonchev–Trinajstić information content (AvgIpc) is 2.52. The van der Waals surface area contributed by atoms with Crippen LogP contribution in [0.3, 0.4) is 0 Å². The van der Waals surface area contributed by atoms with Crippen LogP contribution in [0.15, 0.2) is 24.3 Å². The molecule has 1 aliphatic rings. The summed E-state index contributed by atoms with van der Waals surface area (Å²) >= 11 is 5.92. The molecule has 1 aliphatic heterocycles. The monoisotopic (exact) mass is 307 g/mol. The lowest BCUT2D eigenvalue weighted by atomic mass is 10.1. The van der Waals surface area contributed by atoms with Gasteiger partial charge in [-0.2, -0.15) is 5.26 Å². The third-order valence-corrected chi connectivity index (χ3v) is 3.72. The molecule has 2 atom stereocenters. The Bertz CT molecular complexity index is 544. The fourth-order valence-electron chi connectivity index (χ4n) is 2.26. The van der Waals surface area contributed by atoms with E-state index in [2.05, 4.69) is 16.3 Å². The van der Waals surface area contributed by atoms with Crippen molar-refractivity contribution in [1.82, 2.24) is 10.2 Å². The molecule has 1 amide bonds. The molecule has 2 rings (SSSR count). The van der Waals surface area contributed by atoms with Crippen molar-refractivity contribution >= 4 is 17.5 Å². The minimum atomic E-state index is -0.725. The molecule has 21 heavy (non-hydrogen) atoms. The van der Waals surface area contributed by atoms with Crippen LogP contribution in [0, 0.1) is 11.3 Å². The highest BCUT2D eigenvalue weighted by Gasteiger charge is 2.27. The molecular formula is C15H18ClN3O2. The van der Waals surface area contributed by atoms with Gasteiger partial charge in [0, 0.05) is 18.1 Å². The fraction of sp³-hybridized carbons (Fsp3) is 0.467. The number of carbonyl (C=O) groups is 1. The number of halogens is 1. The second-order valence-electron chi connectivity index (χ2n) is 4.88. The number of morpholine rings is 1. The minimum absolute atomic E-state index is 0.264. The van der Waals surface area contributed by atoms with E-state index in [1.807, 2.05) is 6.92 Å². The van der Waals surface area contributed by atoms with Crippen molar-refractivity contribution in [3.63, 3.8) is 0 Å². The normalized spacial score (nSPS) is 20.5. The molecule has 0 spiro atoms. The smallest absolute Gasteiger partial charge is 0.251 e. The van der Waals surface area contributed by atoms with Gasteiger partial charge in [0.2, 0.25) is 0 Å². The molecule has 0 aromatic heterocycles. The molecule has 1 heterocycles. The Morgan fingerprint density at radius 2 is 2.48 bits per heavy atom. The van der Waals surface area contributed by atoms with Crippen LogP contribution >= 0.6 is 11.6 Å². The number of rotatable bonds is 4. The predicted molar refractivity (Wildman–Crippen MR) is 79.8 cm³/mol. The quantitative estimate of drug-likeness (QED) is 0.920. The van der Waals surface area contributed by atoms with Gasteiger partial charge >= 0.3 is 0 Å². The van der Waals surface area contributed by atoms with Crippen molar-refractivity contribution < 1.29 is 9.53 Å². The zero-order valence-corrected chi connectivity index (χ0v) is 12.6. The first-order chi connectivity index (χ1) is 10.1. The van der Waals surface area contributed by atoms with Crippen LogP contribution in [-0.4, -0.2) is 43.2 Å². The van der Waals surface area contributed by atoms with Gasteiger partial charge in [-0.05, 0) is 24.2 Å². The van der Waals surface area contributed by atoms with Gasteiger partial charge in [0.1, 0.15) is 12.1 Å². The number of ether oxygens (including phenoxy) is 1. The number of hydrogen-bond donors (Lipinski definition) is 1. The van der Waals surface area contributed by atoms with Gasteiger partial charge in [0.05, 0.1) is 12.7 Å². The summed E-state index contributed by atoms with van der Waals surface area (Å²) < 4.78 is 5.49. The van der Waals surface area contributed by atoms with Crippen LogP contribution in [0.25, 0.3) is 0 Å². The van der Waals surface area contributed by atoms with Gasteiger partial charge in [-0.15, -0.1) is 0 Å². The van der Waals surface area contributed by atoms with Crippen molar-refractivity contribution in [2.75, 3.05) is 26.2 Å². The third-order valence-electron chi connectivity index (χ3n) is 3.49. The summed E-state index contributed by atoms with van der Waals surface area (Å²) in [6.45, 7) is 4.83. The van der Waals surface area contributed by atoms with Crippen LogP contribution < -0.4 is 5.32 Å². The number of nitrogens with zero attached hydrogens (tertiary/aromatic N) is 2. The maximum absolute atomic E-state index is 12.2. The molecule has 0 unspecified atom stereocenters. The molecule has 0 aliphatic carbocycles. The van der Waals surface area contributed by atoms with E-state index in [1.54, 1.807) is 24.3 Å². The topological polar surface area (TPSA) is 65.4 Å². The van der Waals surface area contributed by atoms with Crippen molar-refractivity contribution in [1.29, 1.82) is 5.26 Å². The molecule has 112 valence electrons. The zero-order valence-electron chi connectivity index (χ0n) is 11.9. The molecule has 1 aromatic rings. The van der Waals surface area contributed by atoms with Crippen molar-refractivity contribution in [3.05, 3.63) is 34.9 Å². The lowest BCUT2D eigenvalue weighted by molar-refractivity contribution is -0.138. The standard InChI is InChI=1S/C15H18ClN3O2/c1-2-19-6-7-21-14(10-19)15(20)18-13(9-17)11-4-3-5-12(16)8-11/h3-5,8,13-14H,2,6-7,10H2,1H3,(H,18,20)/t13-,14-/m1/s1. The summed E-state index contributed by atoms with van der Waals surface area (Å²) in [6, 6.07) is 8.28. The third kappa shape index (κ3) is 4.18. The summed E-state index contributed by atoms with van der Waals surface area (Å²) in [5, 5.41) is 12.5. The summed E-state index contributed by atoms with van der Waals surface area (Å²) in [7, 11) is 0. The molecule has 5 nitrogen and oxygen atoms in total. The van der Waals surface area contributed by atoms with E-state index in [-0.39, 0.29) is 5.91 Å². The Morgan fingerprint density at radius 1 is 1.67 bits per heavy atom. The maximum atomic E-state index is 12.2. The van der Waals surface area contributed by atoms with Crippen LogP contribution in [-0.2, 0) is 9.53 Å². The van der Waals surface area contributed by atoms with Crippen molar-refractivity contribution in [2.24, 2.45) is 0 Å². The number of carbonyl (C=O) groups excluding carboxylic acids is 1. The number of amides is 1. The molecule has 6 heteroatoms. The molecule has 1 N–H and O–H groups in total. The van der Waals surface area contributed by atoms with E-state index in [9.17, 15) is 10.1 Å². The molecular weight excluding hydrogens is 290 g/mol. The van der Waals surface area contributed by atoms with E-state index in [1.165, 1.54) is 0 Å². The highest BCUT2D eigenvalue weighted by atomic mass is 35.5. The Labute approximate surface area is 129 Å². The predicted octanol–water partition coefficient (Wildman–Crippen LogP) is 1.74. The maximum Gasteiger partial charge on any atom is 0.251 e. The van der Waals surface area contributed by atoms with Gasteiger partial charge in [-0.3, -0.25) is 9.69 Å². The summed E-state index contributed by atoms with van der Waals surface area (Å²) in [5.74, 6) is -0.264. The highest BCUT2D eigenvalue weighted by Crippen LogP contribution is 2.18. The van der Waals surface area contributed by atoms with E-state index >= 15 is 0 Å². The molecule has 1 aromatic carbocycles. The second-order valence-corrected chi connectivity index (χ2v) is 5.31. The molecule has 0 saturated carbocycles. The van der Waals surface area contributed by atoms with Crippen LogP contribution in [0.1, 0.15) is 18.5 Å². The van der Waals surface area contributed by atoms with E-state index in [0.717, 1.165) is 13.1 Å². The highest BCUT2D eigenvalue weighted by molar-refractivity contribution is 6.30. The van der Waals surface area contributed by atoms with Crippen molar-refractivity contribution in [3.8, 4) is 6.07 Å². The van der Waals surface area contributed by atoms with Crippen LogP contribution in [0.4, 0.5) is 0 Å². The Balaban J connectivity index is 2.01. The van der Waals surface area contributed by atoms with Gasteiger partial charge in [-0.25, -0.2) is 0 Å². The summed E-state index contributed by atoms with van der Waals surface area (Å²) in [6.07, 6.45) is -0.534. The number of likely N-dealkylation sites (N-methyl/N-ethyl adjacent to an activating group) is 1. The first-order valence-electron chi connectivity index (χ1n) is 6.93. The lowest BCUT2D eigenvalue weighted by Gasteiger charge is -2.31. The number of nitrogens with one attached hydrogen (secondary N) is 1. The molecule has 0 radical (unpaired) electrons. The number of hydrogen-bond acceptors (Lipinski definition) is 4. The zero-order chi connectivity index (χ0) is 15.2. The van der Waals surface area contributed by atoms with Gasteiger partial charge in [-0.1, -0.05) is 30.7 Å². The number of nitriles is 1. The average molecular weight is 308 g/mol. The Morgan fingerprint density at radius 3 is 3.14 bits per heavy atom. The van der Waals surface area contributed by atoms with E-state index in [0.29, 0.717) is 23.7 Å². The second kappa shape index (κ2) is 7.41. The molecule has 0 bridgehead atoms. The lowest BCUT2D eigenvalue weighted by Crippen LogP contribution is -2.50. The van der Waals surface area contributed by atoms with Crippen LogP contribution in [0.5, 0.6) is 0 Å². The fourth-order valence-corrected chi connectivity index (χ4v) is 2.46. The van der Waals surface area contributed by atoms with Gasteiger partial charge in [0.15, 0.2) is 0 Å². The van der Waals surface area contributed by atoms with E-state index in [4.69, 9.17) is 16.3 Å². The first kappa shape index (κ1) is 15.8. The van der Waals surface area contributed by atoms with Crippen LogP contribution in [0.2, 0.25) is 5.02 Å². The number of benzene rings is 1. The molecule has 1 fully saturated rings. The minimum Gasteiger partial charge on any atom is -0.366 e.